The third-order valence-electron chi connectivity index (χ3n) is 4.27. The predicted molar refractivity (Wildman–Crippen MR) is 101 cm³/mol. The molecule has 1 amide bonds. The summed E-state index contributed by atoms with van der Waals surface area (Å²) in [6, 6.07) is 5.67. The first-order chi connectivity index (χ1) is 12.5. The van der Waals surface area contributed by atoms with E-state index in [0.29, 0.717) is 37.4 Å². The normalized spacial score (nSPS) is 10.3. The summed E-state index contributed by atoms with van der Waals surface area (Å²) in [6.07, 6.45) is 4.33. The van der Waals surface area contributed by atoms with Gasteiger partial charge in [-0.1, -0.05) is 25.8 Å². The average Bonchev–Trinajstić information content (AvgIpc) is 2.67. The number of aryl methyl sites for hydroxylation is 1. The number of benzene rings is 1. The summed E-state index contributed by atoms with van der Waals surface area (Å²) < 4.78 is 15.2. The van der Waals surface area contributed by atoms with E-state index in [9.17, 15) is 9.59 Å². The van der Waals surface area contributed by atoms with E-state index < -0.39 is 0 Å². The van der Waals surface area contributed by atoms with Crippen LogP contribution in [0.15, 0.2) is 18.2 Å². The fourth-order valence-corrected chi connectivity index (χ4v) is 2.69. The standard InChI is InChI=1S/C20H31NO5/c1-5-6-7-13-21(14-12-20(23)26-4)19(22)11-9-16-8-10-17(24-2)18(15-16)25-3/h8,10,15H,5-7,9,11-14H2,1-4H3. The van der Waals surface area contributed by atoms with E-state index in [1.807, 2.05) is 18.2 Å². The molecule has 0 fully saturated rings. The quantitative estimate of drug-likeness (QED) is 0.420. The van der Waals surface area contributed by atoms with Crippen LogP contribution in [0, 0.1) is 0 Å². The molecule has 1 aromatic rings. The molecule has 0 unspecified atom stereocenters. The van der Waals surface area contributed by atoms with Crippen molar-refractivity contribution in [3.8, 4) is 11.5 Å². The van der Waals surface area contributed by atoms with Crippen molar-refractivity contribution in [2.75, 3.05) is 34.4 Å². The van der Waals surface area contributed by atoms with E-state index in [1.54, 1.807) is 19.1 Å². The zero-order chi connectivity index (χ0) is 19.4. The molecule has 146 valence electrons. The van der Waals surface area contributed by atoms with Crippen LogP contribution in [0.2, 0.25) is 0 Å². The Hall–Kier alpha value is -2.24. The maximum atomic E-state index is 12.6. The van der Waals surface area contributed by atoms with Crippen molar-refractivity contribution >= 4 is 11.9 Å². The minimum Gasteiger partial charge on any atom is -0.493 e. The van der Waals surface area contributed by atoms with E-state index in [4.69, 9.17) is 9.47 Å². The van der Waals surface area contributed by atoms with Crippen LogP contribution in [0.3, 0.4) is 0 Å². The number of ether oxygens (including phenoxy) is 3. The number of carbonyl (C=O) groups excluding carboxylic acids is 2. The molecular weight excluding hydrogens is 334 g/mol. The predicted octanol–water partition coefficient (Wildman–Crippen LogP) is 3.22. The van der Waals surface area contributed by atoms with Gasteiger partial charge in [0.15, 0.2) is 11.5 Å². The maximum absolute atomic E-state index is 12.6. The van der Waals surface area contributed by atoms with E-state index >= 15 is 0 Å². The van der Waals surface area contributed by atoms with E-state index in [0.717, 1.165) is 24.8 Å². The van der Waals surface area contributed by atoms with Gasteiger partial charge in [-0.25, -0.2) is 0 Å². The molecule has 6 nitrogen and oxygen atoms in total. The first-order valence-corrected chi connectivity index (χ1v) is 9.11. The highest BCUT2D eigenvalue weighted by Crippen LogP contribution is 2.28. The molecule has 0 spiro atoms. The van der Waals surface area contributed by atoms with Crippen LogP contribution in [0.1, 0.15) is 44.6 Å². The lowest BCUT2D eigenvalue weighted by Crippen LogP contribution is -2.34. The highest BCUT2D eigenvalue weighted by atomic mass is 16.5. The molecule has 0 radical (unpaired) electrons. The Morgan fingerprint density at radius 1 is 0.962 bits per heavy atom. The zero-order valence-electron chi connectivity index (χ0n) is 16.4. The molecule has 0 aliphatic carbocycles. The van der Waals surface area contributed by atoms with Gasteiger partial charge in [0.2, 0.25) is 5.91 Å². The van der Waals surface area contributed by atoms with Crippen molar-refractivity contribution in [3.05, 3.63) is 23.8 Å². The first-order valence-electron chi connectivity index (χ1n) is 9.11. The Kier molecular flexibility index (Phi) is 10.2. The molecule has 6 heteroatoms. The topological polar surface area (TPSA) is 65.1 Å². The van der Waals surface area contributed by atoms with Crippen LogP contribution >= 0.6 is 0 Å². The summed E-state index contributed by atoms with van der Waals surface area (Å²) in [6.45, 7) is 3.20. The Labute approximate surface area is 156 Å². The van der Waals surface area contributed by atoms with Gasteiger partial charge in [-0.15, -0.1) is 0 Å². The SMILES string of the molecule is CCCCCN(CCC(=O)OC)C(=O)CCc1ccc(OC)c(OC)c1. The number of rotatable bonds is 12. The molecule has 0 atom stereocenters. The molecule has 26 heavy (non-hydrogen) atoms. The van der Waals surface area contributed by atoms with Gasteiger partial charge in [-0.05, 0) is 30.5 Å². The summed E-state index contributed by atoms with van der Waals surface area (Å²) in [5.74, 6) is 1.09. The molecule has 0 N–H and O–H groups in total. The number of unbranched alkanes of at least 4 members (excludes halogenated alkanes) is 2. The highest BCUT2D eigenvalue weighted by molar-refractivity contribution is 5.77. The summed E-state index contributed by atoms with van der Waals surface area (Å²) >= 11 is 0. The number of esters is 1. The molecule has 0 heterocycles. The van der Waals surface area contributed by atoms with Crippen LogP contribution in [0.25, 0.3) is 0 Å². The molecular formula is C20H31NO5. The fraction of sp³-hybridized carbons (Fsp3) is 0.600. The Bertz CT molecular complexity index is 573. The molecule has 0 aromatic heterocycles. The van der Waals surface area contributed by atoms with Gasteiger partial charge >= 0.3 is 5.97 Å². The minimum atomic E-state index is -0.293. The lowest BCUT2D eigenvalue weighted by atomic mass is 10.1. The largest absolute Gasteiger partial charge is 0.493 e. The van der Waals surface area contributed by atoms with E-state index in [-0.39, 0.29) is 18.3 Å². The van der Waals surface area contributed by atoms with Gasteiger partial charge in [-0.2, -0.15) is 0 Å². The number of hydrogen-bond donors (Lipinski definition) is 0. The molecule has 0 bridgehead atoms. The van der Waals surface area contributed by atoms with Gasteiger partial charge < -0.3 is 19.1 Å². The van der Waals surface area contributed by atoms with E-state index in [1.165, 1.54) is 7.11 Å². The fourth-order valence-electron chi connectivity index (χ4n) is 2.69. The van der Waals surface area contributed by atoms with Crippen LogP contribution in [0.4, 0.5) is 0 Å². The van der Waals surface area contributed by atoms with Crippen LogP contribution in [0.5, 0.6) is 11.5 Å². The molecule has 0 aliphatic heterocycles. The monoisotopic (exact) mass is 365 g/mol. The maximum Gasteiger partial charge on any atom is 0.307 e. The van der Waals surface area contributed by atoms with Crippen LogP contribution in [-0.4, -0.2) is 51.2 Å². The van der Waals surface area contributed by atoms with Gasteiger partial charge in [-0.3, -0.25) is 9.59 Å². The minimum absolute atomic E-state index is 0.0554. The Morgan fingerprint density at radius 3 is 2.31 bits per heavy atom. The second-order valence-electron chi connectivity index (χ2n) is 6.10. The van der Waals surface area contributed by atoms with Crippen molar-refractivity contribution in [2.45, 2.75) is 45.4 Å². The number of amides is 1. The molecule has 1 aromatic carbocycles. The molecule has 1 rings (SSSR count). The van der Waals surface area contributed by atoms with Gasteiger partial charge in [0.05, 0.1) is 27.8 Å². The van der Waals surface area contributed by atoms with E-state index in [2.05, 4.69) is 11.7 Å². The Morgan fingerprint density at radius 2 is 1.69 bits per heavy atom. The number of hydrogen-bond acceptors (Lipinski definition) is 5. The number of carbonyl (C=O) groups is 2. The van der Waals surface area contributed by atoms with Crippen molar-refractivity contribution in [1.29, 1.82) is 0 Å². The van der Waals surface area contributed by atoms with Gasteiger partial charge in [0.25, 0.3) is 0 Å². The summed E-state index contributed by atoms with van der Waals surface area (Å²) in [4.78, 5) is 25.8. The van der Waals surface area contributed by atoms with Gasteiger partial charge in [0, 0.05) is 19.5 Å². The third kappa shape index (κ3) is 7.33. The van der Waals surface area contributed by atoms with Crippen molar-refractivity contribution in [3.63, 3.8) is 0 Å². The summed E-state index contributed by atoms with van der Waals surface area (Å²) in [5, 5.41) is 0. The zero-order valence-corrected chi connectivity index (χ0v) is 16.4. The summed E-state index contributed by atoms with van der Waals surface area (Å²) in [7, 11) is 4.55. The lowest BCUT2D eigenvalue weighted by Gasteiger charge is -2.22. The number of nitrogens with zero attached hydrogens (tertiary/aromatic N) is 1. The van der Waals surface area contributed by atoms with Gasteiger partial charge in [0.1, 0.15) is 0 Å². The first kappa shape index (κ1) is 21.8. The molecule has 0 aliphatic rings. The van der Waals surface area contributed by atoms with Crippen molar-refractivity contribution in [1.82, 2.24) is 4.90 Å². The second-order valence-corrected chi connectivity index (χ2v) is 6.10. The Balaban J connectivity index is 2.64. The lowest BCUT2D eigenvalue weighted by molar-refractivity contribution is -0.141. The smallest absolute Gasteiger partial charge is 0.307 e. The molecule has 0 saturated heterocycles. The highest BCUT2D eigenvalue weighted by Gasteiger charge is 2.15. The van der Waals surface area contributed by atoms with Crippen molar-refractivity contribution < 1.29 is 23.8 Å². The molecule has 0 saturated carbocycles. The van der Waals surface area contributed by atoms with Crippen LogP contribution < -0.4 is 9.47 Å². The second kappa shape index (κ2) is 12.2. The summed E-state index contributed by atoms with van der Waals surface area (Å²) in [5.41, 5.74) is 1.01. The van der Waals surface area contributed by atoms with Crippen molar-refractivity contribution in [2.24, 2.45) is 0 Å². The van der Waals surface area contributed by atoms with Crippen LogP contribution in [-0.2, 0) is 20.7 Å². The number of methoxy groups -OCH3 is 3. The average molecular weight is 365 g/mol. The third-order valence-corrected chi connectivity index (χ3v) is 4.27.